The number of aryl methyl sites for hydroxylation is 1. The Bertz CT molecular complexity index is 867. The van der Waals surface area contributed by atoms with Crippen molar-refractivity contribution in [2.24, 2.45) is 0 Å². The number of esters is 1. The van der Waals surface area contributed by atoms with Crippen LogP contribution in [0.5, 0.6) is 5.75 Å². The van der Waals surface area contributed by atoms with E-state index >= 15 is 0 Å². The number of alkyl halides is 3. The van der Waals surface area contributed by atoms with Crippen LogP contribution in [0, 0.1) is 11.8 Å². The number of nitrogen functional groups attached to an aromatic ring is 1. The Morgan fingerprint density at radius 1 is 1.11 bits per heavy atom. The van der Waals surface area contributed by atoms with Crippen LogP contribution in [0.3, 0.4) is 0 Å². The summed E-state index contributed by atoms with van der Waals surface area (Å²) in [5.41, 5.74) is 7.64. The van der Waals surface area contributed by atoms with Crippen molar-refractivity contribution in [3.05, 3.63) is 59.2 Å². The second-order valence-electron chi connectivity index (χ2n) is 5.52. The van der Waals surface area contributed by atoms with Crippen molar-refractivity contribution >= 4 is 11.7 Å². The smallest absolute Gasteiger partial charge is 0.466 e. The molecular formula is C20H18F3NO3. The van der Waals surface area contributed by atoms with Crippen LogP contribution >= 0.6 is 0 Å². The molecule has 0 aliphatic rings. The maximum absolute atomic E-state index is 12.5. The number of hydrogen-bond acceptors (Lipinski definition) is 4. The molecule has 2 rings (SSSR count). The van der Waals surface area contributed by atoms with Gasteiger partial charge in [-0.3, -0.25) is 4.79 Å². The number of carbonyl (C=O) groups is 1. The van der Waals surface area contributed by atoms with Crippen LogP contribution in [0.15, 0.2) is 42.5 Å². The van der Waals surface area contributed by atoms with E-state index in [1.165, 1.54) is 18.2 Å². The molecule has 0 unspecified atom stereocenters. The number of hydrogen-bond donors (Lipinski definition) is 1. The molecule has 0 aliphatic carbocycles. The van der Waals surface area contributed by atoms with Crippen molar-refractivity contribution in [3.63, 3.8) is 0 Å². The zero-order valence-electron chi connectivity index (χ0n) is 14.6. The fourth-order valence-corrected chi connectivity index (χ4v) is 2.27. The van der Waals surface area contributed by atoms with Crippen molar-refractivity contribution in [2.45, 2.75) is 26.1 Å². The molecule has 0 saturated heterocycles. The molecule has 4 nitrogen and oxygen atoms in total. The van der Waals surface area contributed by atoms with Crippen molar-refractivity contribution < 1.29 is 27.4 Å². The van der Waals surface area contributed by atoms with E-state index in [2.05, 4.69) is 16.6 Å². The first-order chi connectivity index (χ1) is 12.8. The van der Waals surface area contributed by atoms with Crippen molar-refractivity contribution in [1.82, 2.24) is 0 Å². The van der Waals surface area contributed by atoms with E-state index in [9.17, 15) is 18.0 Å². The predicted molar refractivity (Wildman–Crippen MR) is 94.9 cm³/mol. The summed E-state index contributed by atoms with van der Waals surface area (Å²) in [7, 11) is 0. The van der Waals surface area contributed by atoms with Crippen LogP contribution in [0.4, 0.5) is 18.9 Å². The standard InChI is InChI=1S/C20H18F3NO3/c1-2-26-19(25)12-8-14-7-11-17(24)16(13-14)10-9-15-5-3-4-6-18(15)27-20(21,22)23/h3-7,11,13H,2,8,12,24H2,1H3. The number of benzene rings is 2. The second kappa shape index (κ2) is 8.99. The molecular weight excluding hydrogens is 359 g/mol. The lowest BCUT2D eigenvalue weighted by Crippen LogP contribution is -2.17. The molecule has 27 heavy (non-hydrogen) atoms. The Morgan fingerprint density at radius 3 is 2.52 bits per heavy atom. The first-order valence-electron chi connectivity index (χ1n) is 8.19. The fourth-order valence-electron chi connectivity index (χ4n) is 2.27. The summed E-state index contributed by atoms with van der Waals surface area (Å²) in [6.45, 7) is 2.05. The molecule has 7 heteroatoms. The Labute approximate surface area is 155 Å². The van der Waals surface area contributed by atoms with E-state index in [1.54, 1.807) is 31.2 Å². The maximum Gasteiger partial charge on any atom is 0.573 e. The van der Waals surface area contributed by atoms with Crippen LogP contribution in [-0.2, 0) is 16.0 Å². The summed E-state index contributed by atoms with van der Waals surface area (Å²) in [5.74, 6) is 4.74. The Kier molecular flexibility index (Phi) is 6.72. The molecule has 0 fully saturated rings. The van der Waals surface area contributed by atoms with Crippen LogP contribution < -0.4 is 10.5 Å². The molecule has 0 aliphatic heterocycles. The van der Waals surface area contributed by atoms with Crippen LogP contribution in [0.2, 0.25) is 0 Å². The number of rotatable bonds is 5. The second-order valence-corrected chi connectivity index (χ2v) is 5.52. The van der Waals surface area contributed by atoms with Gasteiger partial charge in [-0.2, -0.15) is 0 Å². The normalized spacial score (nSPS) is 10.7. The maximum atomic E-state index is 12.5. The number of para-hydroxylation sites is 1. The van der Waals surface area contributed by atoms with Gasteiger partial charge in [0.05, 0.1) is 12.2 Å². The summed E-state index contributed by atoms with van der Waals surface area (Å²) in [6.07, 6.45) is -4.14. The lowest BCUT2D eigenvalue weighted by atomic mass is 10.0. The summed E-state index contributed by atoms with van der Waals surface area (Å²) in [5, 5.41) is 0. The third kappa shape index (κ3) is 6.59. The van der Waals surface area contributed by atoms with Crippen LogP contribution in [0.25, 0.3) is 0 Å². The average molecular weight is 377 g/mol. The SMILES string of the molecule is CCOC(=O)CCc1ccc(N)c(C#Cc2ccccc2OC(F)(F)F)c1. The van der Waals surface area contributed by atoms with Gasteiger partial charge in [-0.05, 0) is 43.2 Å². The van der Waals surface area contributed by atoms with Gasteiger partial charge < -0.3 is 15.2 Å². The Hall–Kier alpha value is -3.14. The van der Waals surface area contributed by atoms with Gasteiger partial charge in [0.15, 0.2) is 0 Å². The third-order valence-electron chi connectivity index (χ3n) is 3.49. The molecule has 0 atom stereocenters. The van der Waals surface area contributed by atoms with E-state index in [-0.39, 0.29) is 23.7 Å². The van der Waals surface area contributed by atoms with Gasteiger partial charge in [0.2, 0.25) is 0 Å². The average Bonchev–Trinajstić information content (AvgIpc) is 2.60. The molecule has 142 valence electrons. The lowest BCUT2D eigenvalue weighted by molar-refractivity contribution is -0.274. The van der Waals surface area contributed by atoms with Gasteiger partial charge in [-0.15, -0.1) is 13.2 Å². The van der Waals surface area contributed by atoms with E-state index < -0.39 is 6.36 Å². The van der Waals surface area contributed by atoms with E-state index in [0.29, 0.717) is 24.3 Å². The topological polar surface area (TPSA) is 61.5 Å². The zero-order chi connectivity index (χ0) is 19.9. The number of carbonyl (C=O) groups excluding carboxylic acids is 1. The fraction of sp³-hybridized carbons (Fsp3) is 0.250. The van der Waals surface area contributed by atoms with Gasteiger partial charge in [-0.25, -0.2) is 0 Å². The van der Waals surface area contributed by atoms with Gasteiger partial charge >= 0.3 is 12.3 Å². The van der Waals surface area contributed by atoms with Gasteiger partial charge in [0.1, 0.15) is 5.75 Å². The summed E-state index contributed by atoms with van der Waals surface area (Å²) in [6, 6.07) is 10.7. The molecule has 0 spiro atoms. The van der Waals surface area contributed by atoms with Crippen molar-refractivity contribution in [2.75, 3.05) is 12.3 Å². The molecule has 2 aromatic rings. The molecule has 0 bridgehead atoms. The zero-order valence-corrected chi connectivity index (χ0v) is 14.6. The minimum Gasteiger partial charge on any atom is -0.466 e. The number of anilines is 1. The first kappa shape index (κ1) is 20.2. The Balaban J connectivity index is 2.21. The molecule has 2 N–H and O–H groups in total. The Morgan fingerprint density at radius 2 is 1.81 bits per heavy atom. The monoisotopic (exact) mass is 377 g/mol. The highest BCUT2D eigenvalue weighted by atomic mass is 19.4. The van der Waals surface area contributed by atoms with Crippen molar-refractivity contribution in [3.8, 4) is 17.6 Å². The molecule has 2 aromatic carbocycles. The minimum absolute atomic E-state index is 0.0890. The molecule has 0 saturated carbocycles. The molecule has 0 heterocycles. The highest BCUT2D eigenvalue weighted by Gasteiger charge is 2.31. The highest BCUT2D eigenvalue weighted by Crippen LogP contribution is 2.25. The quantitative estimate of drug-likeness (QED) is 0.485. The van der Waals surface area contributed by atoms with Gasteiger partial charge in [0, 0.05) is 17.7 Å². The number of halogens is 3. The van der Waals surface area contributed by atoms with E-state index in [4.69, 9.17) is 10.5 Å². The van der Waals surface area contributed by atoms with E-state index in [1.807, 2.05) is 0 Å². The van der Waals surface area contributed by atoms with Gasteiger partial charge in [-0.1, -0.05) is 30.0 Å². The summed E-state index contributed by atoms with van der Waals surface area (Å²) < 4.78 is 46.3. The number of ether oxygens (including phenoxy) is 2. The number of nitrogens with two attached hydrogens (primary N) is 1. The summed E-state index contributed by atoms with van der Waals surface area (Å²) >= 11 is 0. The highest BCUT2D eigenvalue weighted by molar-refractivity contribution is 5.70. The predicted octanol–water partition coefficient (Wildman–Crippen LogP) is 4.06. The molecule has 0 radical (unpaired) electrons. The lowest BCUT2D eigenvalue weighted by Gasteiger charge is -2.10. The third-order valence-corrected chi connectivity index (χ3v) is 3.49. The van der Waals surface area contributed by atoms with Gasteiger partial charge in [0.25, 0.3) is 0 Å². The minimum atomic E-state index is -4.80. The molecule has 0 amide bonds. The van der Waals surface area contributed by atoms with Crippen LogP contribution in [0.1, 0.15) is 30.0 Å². The van der Waals surface area contributed by atoms with Crippen molar-refractivity contribution in [1.29, 1.82) is 0 Å². The van der Waals surface area contributed by atoms with Crippen LogP contribution in [-0.4, -0.2) is 18.9 Å². The molecule has 0 aromatic heterocycles. The largest absolute Gasteiger partial charge is 0.573 e. The summed E-state index contributed by atoms with van der Waals surface area (Å²) in [4.78, 5) is 11.4. The first-order valence-corrected chi connectivity index (χ1v) is 8.19. The van der Waals surface area contributed by atoms with E-state index in [0.717, 1.165) is 5.56 Å².